The molecular formula is C42H33NO. The van der Waals surface area contributed by atoms with Gasteiger partial charge in [-0.15, -0.1) is 0 Å². The normalized spacial score (nSPS) is 16.1. The Morgan fingerprint density at radius 1 is 0.523 bits per heavy atom. The molecule has 0 aromatic heterocycles. The van der Waals surface area contributed by atoms with Crippen LogP contribution in [-0.4, -0.2) is 5.91 Å². The number of benzene rings is 1. The predicted molar refractivity (Wildman–Crippen MR) is 181 cm³/mol. The van der Waals surface area contributed by atoms with Crippen LogP contribution in [0.2, 0.25) is 0 Å². The minimum atomic E-state index is -0.890. The molecule has 1 atom stereocenters. The van der Waals surface area contributed by atoms with Gasteiger partial charge in [0.25, 0.3) is 0 Å². The van der Waals surface area contributed by atoms with E-state index in [-0.39, 0.29) is 11.9 Å². The van der Waals surface area contributed by atoms with Crippen LogP contribution in [0.15, 0.2) is 152 Å². The van der Waals surface area contributed by atoms with Gasteiger partial charge < -0.3 is 4.90 Å². The van der Waals surface area contributed by atoms with E-state index in [1.807, 2.05) is 4.90 Å². The van der Waals surface area contributed by atoms with Crippen molar-refractivity contribution in [3.63, 3.8) is 0 Å². The average molecular weight is 568 g/mol. The molecule has 44 heavy (non-hydrogen) atoms. The first-order valence-corrected chi connectivity index (χ1v) is 15.4. The van der Waals surface area contributed by atoms with Gasteiger partial charge in [-0.3, -0.25) is 4.79 Å². The van der Waals surface area contributed by atoms with Crippen LogP contribution in [0.1, 0.15) is 48.1 Å². The molecule has 1 aromatic carbocycles. The summed E-state index contributed by atoms with van der Waals surface area (Å²) in [5.74, 6) is 0.526. The Morgan fingerprint density at radius 3 is 1.30 bits per heavy atom. The number of hydrogen-bond donors (Lipinski definition) is 0. The molecule has 7 aliphatic rings. The highest BCUT2D eigenvalue weighted by atomic mass is 16.2. The summed E-state index contributed by atoms with van der Waals surface area (Å²) in [7, 11) is 0. The number of β-lactam (4-membered cyclic amide) rings is 1. The van der Waals surface area contributed by atoms with E-state index in [0.717, 1.165) is 44.6 Å². The van der Waals surface area contributed by atoms with Gasteiger partial charge in [0, 0.05) is 5.69 Å². The van der Waals surface area contributed by atoms with Gasteiger partial charge in [0.2, 0.25) is 5.91 Å². The third kappa shape index (κ3) is 3.98. The van der Waals surface area contributed by atoms with E-state index >= 15 is 4.79 Å². The monoisotopic (exact) mass is 567 g/mol. The van der Waals surface area contributed by atoms with Crippen LogP contribution in [0.5, 0.6) is 0 Å². The summed E-state index contributed by atoms with van der Waals surface area (Å²) >= 11 is 0. The molecule has 1 aromatic rings. The standard InChI is InChI=1S/C42H33NO/c1-28(2)29-18-20-39(21-19-29)43-40(36-22-30-12-6-3-7-13-31(30)23-36)42(41(43)44,37-24-32-14-8-4-9-15-33(32)25-37)38-26-34-16-10-5-11-17-35(34)27-38/h3-28,40H,1-2H3. The zero-order chi connectivity index (χ0) is 29.8. The van der Waals surface area contributed by atoms with Crippen LogP contribution in [0.25, 0.3) is 33.4 Å². The number of hydrogen-bond acceptors (Lipinski definition) is 1. The van der Waals surface area contributed by atoms with Crippen molar-refractivity contribution in [3.8, 4) is 33.4 Å². The lowest BCUT2D eigenvalue weighted by molar-refractivity contribution is -0.131. The minimum absolute atomic E-state index is 0.106. The number of carbonyl (C=O) groups is 1. The lowest BCUT2D eigenvalue weighted by Gasteiger charge is -2.56. The largest absolute Gasteiger partial charge is 0.302 e. The number of nitrogens with zero attached hydrogens (tertiary/aromatic N) is 1. The smallest absolute Gasteiger partial charge is 0.245 e. The van der Waals surface area contributed by atoms with E-state index in [1.165, 1.54) is 16.7 Å². The minimum Gasteiger partial charge on any atom is -0.302 e. The third-order valence-corrected chi connectivity index (χ3v) is 9.50. The van der Waals surface area contributed by atoms with Crippen LogP contribution in [0.4, 0.5) is 5.69 Å². The summed E-state index contributed by atoms with van der Waals surface area (Å²) < 4.78 is 0. The molecule has 0 N–H and O–H groups in total. The number of fused-ring (bicyclic) bond motifs is 3. The van der Waals surface area contributed by atoms with Gasteiger partial charge in [0.05, 0.1) is 6.04 Å². The van der Waals surface area contributed by atoms with Crippen LogP contribution in [-0.2, 0) is 10.2 Å². The first-order valence-electron chi connectivity index (χ1n) is 15.4. The first kappa shape index (κ1) is 26.4. The summed E-state index contributed by atoms with van der Waals surface area (Å²) in [6.45, 7) is 4.40. The van der Waals surface area contributed by atoms with Crippen LogP contribution >= 0.6 is 0 Å². The average Bonchev–Trinajstić information content (AvgIpc) is 3.56. The van der Waals surface area contributed by atoms with Gasteiger partial charge in [-0.1, -0.05) is 117 Å². The van der Waals surface area contributed by atoms with Gasteiger partial charge in [-0.25, -0.2) is 0 Å². The molecular weight excluding hydrogens is 534 g/mol. The van der Waals surface area contributed by atoms with E-state index in [2.05, 4.69) is 166 Å². The van der Waals surface area contributed by atoms with Crippen LogP contribution < -0.4 is 4.90 Å². The molecule has 0 saturated carbocycles. The van der Waals surface area contributed by atoms with E-state index in [1.54, 1.807) is 0 Å². The van der Waals surface area contributed by atoms with Crippen molar-refractivity contribution in [1.29, 1.82) is 0 Å². The zero-order valence-electron chi connectivity index (χ0n) is 24.9. The Bertz CT molecular complexity index is 1870. The van der Waals surface area contributed by atoms with E-state index < -0.39 is 5.41 Å². The Morgan fingerprint density at radius 2 is 0.909 bits per heavy atom. The Kier molecular flexibility index (Phi) is 6.13. The molecule has 1 fully saturated rings. The second-order valence-electron chi connectivity index (χ2n) is 12.4. The lowest BCUT2D eigenvalue weighted by Crippen LogP contribution is -2.66. The van der Waals surface area contributed by atoms with Crippen molar-refractivity contribution in [2.24, 2.45) is 0 Å². The molecule has 212 valence electrons. The Balaban J connectivity index is 1.42. The molecule has 1 heterocycles. The maximum Gasteiger partial charge on any atom is 0.245 e. The van der Waals surface area contributed by atoms with Crippen molar-refractivity contribution in [1.82, 2.24) is 0 Å². The Labute approximate surface area is 259 Å². The van der Waals surface area contributed by atoms with Crippen LogP contribution in [0, 0.1) is 0 Å². The zero-order valence-corrected chi connectivity index (χ0v) is 24.9. The highest BCUT2D eigenvalue weighted by Crippen LogP contribution is 2.60. The fourth-order valence-electron chi connectivity index (χ4n) is 7.25. The molecule has 2 nitrogen and oxygen atoms in total. The maximum atomic E-state index is 15.2. The van der Waals surface area contributed by atoms with Crippen molar-refractivity contribution in [2.45, 2.75) is 31.2 Å². The van der Waals surface area contributed by atoms with E-state index in [9.17, 15) is 0 Å². The number of rotatable bonds is 5. The van der Waals surface area contributed by atoms with Gasteiger partial charge in [0.15, 0.2) is 0 Å². The topological polar surface area (TPSA) is 20.3 Å². The van der Waals surface area contributed by atoms with Gasteiger partial charge >= 0.3 is 0 Å². The number of carbonyl (C=O) groups excluding carboxylic acids is 1. The highest BCUT2D eigenvalue weighted by molar-refractivity contribution is 6.13. The van der Waals surface area contributed by atoms with Crippen molar-refractivity contribution < 1.29 is 4.79 Å². The van der Waals surface area contributed by atoms with E-state index in [0.29, 0.717) is 5.92 Å². The maximum absolute atomic E-state index is 15.2. The summed E-state index contributed by atoms with van der Waals surface area (Å²) in [6.07, 6.45) is 0. The molecule has 1 amide bonds. The molecule has 0 spiro atoms. The molecule has 0 radical (unpaired) electrons. The van der Waals surface area contributed by atoms with Gasteiger partial charge in [0.1, 0.15) is 5.41 Å². The molecule has 8 rings (SSSR count). The molecule has 1 aliphatic heterocycles. The van der Waals surface area contributed by atoms with Gasteiger partial charge in [-0.05, 0) is 110 Å². The second kappa shape index (κ2) is 10.2. The number of amides is 1. The molecule has 6 aliphatic carbocycles. The SMILES string of the molecule is CC(C)c1ccc(N2C(=O)C(c3cc4cccccc-4c3)(c3cc4cccccc-4c3)C2c2cc3cccccc-3c2)cc1. The predicted octanol–water partition coefficient (Wildman–Crippen LogP) is 10.2. The summed E-state index contributed by atoms with van der Waals surface area (Å²) in [4.78, 5) is 17.2. The second-order valence-corrected chi connectivity index (χ2v) is 12.4. The lowest BCUT2D eigenvalue weighted by atomic mass is 9.60. The number of anilines is 1. The highest BCUT2D eigenvalue weighted by Gasteiger charge is 2.64. The van der Waals surface area contributed by atoms with Crippen LogP contribution in [0.3, 0.4) is 0 Å². The summed E-state index contributed by atoms with van der Waals surface area (Å²) in [5.41, 5.74) is 11.4. The molecule has 0 bridgehead atoms. The summed E-state index contributed by atoms with van der Waals surface area (Å²) in [6, 6.07) is 53.4. The molecule has 1 unspecified atom stereocenters. The third-order valence-electron chi connectivity index (χ3n) is 9.50. The fraction of sp³-hybridized carbons (Fsp3) is 0.119. The van der Waals surface area contributed by atoms with Crippen molar-refractivity contribution in [3.05, 3.63) is 174 Å². The quantitative estimate of drug-likeness (QED) is 0.190. The van der Waals surface area contributed by atoms with Gasteiger partial charge in [-0.2, -0.15) is 0 Å². The fourth-order valence-corrected chi connectivity index (χ4v) is 7.25. The van der Waals surface area contributed by atoms with E-state index in [4.69, 9.17) is 0 Å². The molecule has 1 saturated heterocycles. The Hall–Kier alpha value is -5.21. The summed E-state index contributed by atoms with van der Waals surface area (Å²) in [5, 5.41) is 0. The van der Waals surface area contributed by atoms with Crippen molar-refractivity contribution in [2.75, 3.05) is 4.90 Å². The molecule has 2 heteroatoms. The first-order chi connectivity index (χ1) is 21.5. The van der Waals surface area contributed by atoms with Crippen molar-refractivity contribution >= 4 is 11.6 Å².